The van der Waals surface area contributed by atoms with Gasteiger partial charge in [0.25, 0.3) is 0 Å². The van der Waals surface area contributed by atoms with Gasteiger partial charge in [-0.15, -0.1) is 0 Å². The summed E-state index contributed by atoms with van der Waals surface area (Å²) in [4.78, 5) is 0. The minimum absolute atomic E-state index is 0.351. The Bertz CT molecular complexity index is 119. The molecule has 2 heteroatoms. The van der Waals surface area contributed by atoms with E-state index in [4.69, 9.17) is 2.81 Å². The predicted molar refractivity (Wildman–Crippen MR) is 52.9 cm³/mol. The summed E-state index contributed by atoms with van der Waals surface area (Å²) in [5, 5.41) is 0. The van der Waals surface area contributed by atoms with Crippen molar-refractivity contribution in [2.24, 2.45) is 23.2 Å². The van der Waals surface area contributed by atoms with Crippen LogP contribution in [0, 0.1) is 23.2 Å². The molecule has 0 aromatic heterocycles. The van der Waals surface area contributed by atoms with Gasteiger partial charge < -0.3 is 0 Å². The van der Waals surface area contributed by atoms with Gasteiger partial charge in [0.15, 0.2) is 0 Å². The summed E-state index contributed by atoms with van der Waals surface area (Å²) in [5.74, 6) is 2.06. The van der Waals surface area contributed by atoms with Crippen molar-refractivity contribution in [2.45, 2.75) is 41.5 Å². The van der Waals surface area contributed by atoms with Gasteiger partial charge in [0.05, 0.1) is 0 Å². The van der Waals surface area contributed by atoms with Crippen LogP contribution in [0.25, 0.3) is 0 Å². The van der Waals surface area contributed by atoms with E-state index in [-0.39, 0.29) is 0 Å². The van der Waals surface area contributed by atoms with E-state index in [1.165, 1.54) is 25.2 Å². The zero-order valence-corrected chi connectivity index (χ0v) is 12.3. The maximum atomic E-state index is 5.48. The summed E-state index contributed by atoms with van der Waals surface area (Å²) >= 11 is 1.19. The summed E-state index contributed by atoms with van der Waals surface area (Å²) < 4.78 is 5.48. The first-order valence-corrected chi connectivity index (χ1v) is 6.18. The summed E-state index contributed by atoms with van der Waals surface area (Å²) in [5.41, 5.74) is 0.351. The molecular weight excluding hydrogens is 239 g/mol. The van der Waals surface area contributed by atoms with Gasteiger partial charge in [0.1, 0.15) is 0 Å². The second kappa shape index (κ2) is 5.66. The zero-order valence-electron chi connectivity index (χ0n) is 9.85. The third-order valence-electron chi connectivity index (χ3n) is 3.55. The first kappa shape index (κ1) is 13.8. The van der Waals surface area contributed by atoms with Crippen molar-refractivity contribution in [3.8, 4) is 0 Å². The SMILES string of the molecule is CC(C)C(C[O][Zr])(C(C)C)C(C)C. The van der Waals surface area contributed by atoms with Crippen molar-refractivity contribution in [3.05, 3.63) is 0 Å². The first-order valence-electron chi connectivity index (χ1n) is 5.18. The van der Waals surface area contributed by atoms with Crippen LogP contribution >= 0.6 is 0 Å². The van der Waals surface area contributed by atoms with Crippen LogP contribution < -0.4 is 0 Å². The van der Waals surface area contributed by atoms with Crippen molar-refractivity contribution >= 4 is 0 Å². The molecule has 0 rings (SSSR count). The standard InChI is InChI=1S/C11H23O.Zr/c1-8(2)11(7-12,9(3)4)10(5)6;/h8-10H,7H2,1-6H3;/q-1;+1. The molecular formula is C11H23OZr. The maximum absolute atomic E-state index is 5.48. The second-order valence-corrected chi connectivity index (χ2v) is 5.57. The van der Waals surface area contributed by atoms with Crippen LogP contribution in [0.5, 0.6) is 0 Å². The van der Waals surface area contributed by atoms with E-state index in [1.54, 1.807) is 0 Å². The first-order chi connectivity index (χ1) is 5.89. The Balaban J connectivity index is 4.82. The number of rotatable bonds is 5. The molecule has 0 saturated heterocycles. The molecule has 0 aliphatic heterocycles. The molecule has 0 radical (unpaired) electrons. The van der Waals surface area contributed by atoms with Gasteiger partial charge in [-0.25, -0.2) is 0 Å². The van der Waals surface area contributed by atoms with E-state index >= 15 is 0 Å². The summed E-state index contributed by atoms with van der Waals surface area (Å²) in [6.45, 7) is 14.8. The van der Waals surface area contributed by atoms with Gasteiger partial charge in [-0.05, 0) is 0 Å². The fourth-order valence-corrected chi connectivity index (χ4v) is 3.24. The van der Waals surface area contributed by atoms with E-state index in [0.717, 1.165) is 6.61 Å². The molecule has 13 heavy (non-hydrogen) atoms. The topological polar surface area (TPSA) is 9.23 Å². The minimum atomic E-state index is 0.351. The van der Waals surface area contributed by atoms with Gasteiger partial charge in [0, 0.05) is 0 Å². The van der Waals surface area contributed by atoms with Gasteiger partial charge in [0.2, 0.25) is 0 Å². The zero-order chi connectivity index (χ0) is 10.6. The Morgan fingerprint density at radius 3 is 1.31 bits per heavy atom. The molecule has 0 bridgehead atoms. The van der Waals surface area contributed by atoms with Crippen molar-refractivity contribution in [1.29, 1.82) is 0 Å². The summed E-state index contributed by atoms with van der Waals surface area (Å²) in [7, 11) is 0. The van der Waals surface area contributed by atoms with E-state index < -0.39 is 0 Å². The van der Waals surface area contributed by atoms with Crippen LogP contribution in [0.1, 0.15) is 41.5 Å². The molecule has 0 heterocycles. The average molecular weight is 263 g/mol. The summed E-state index contributed by atoms with van der Waals surface area (Å²) in [6, 6.07) is 0. The molecule has 0 atom stereocenters. The Morgan fingerprint density at radius 1 is 0.923 bits per heavy atom. The van der Waals surface area contributed by atoms with Crippen LogP contribution in [0.4, 0.5) is 0 Å². The molecule has 0 spiro atoms. The normalized spacial score (nSPS) is 13.2. The monoisotopic (exact) mass is 261 g/mol. The van der Waals surface area contributed by atoms with E-state index in [9.17, 15) is 0 Å². The molecule has 0 aromatic rings. The van der Waals surface area contributed by atoms with Crippen molar-refractivity contribution in [3.63, 3.8) is 0 Å². The average Bonchev–Trinajstić information content (AvgIpc) is 1.97. The van der Waals surface area contributed by atoms with Crippen molar-refractivity contribution in [2.75, 3.05) is 6.61 Å². The second-order valence-electron chi connectivity index (χ2n) is 4.87. The quantitative estimate of drug-likeness (QED) is 0.738. The molecule has 0 aromatic carbocycles. The van der Waals surface area contributed by atoms with Gasteiger partial charge in [-0.3, -0.25) is 0 Å². The Kier molecular flexibility index (Phi) is 6.02. The van der Waals surface area contributed by atoms with E-state index in [0.29, 0.717) is 23.2 Å². The molecule has 77 valence electrons. The van der Waals surface area contributed by atoms with Crippen LogP contribution in [0.2, 0.25) is 0 Å². The molecule has 1 nitrogen and oxygen atoms in total. The third kappa shape index (κ3) is 2.89. The number of hydrogen-bond acceptors (Lipinski definition) is 1. The molecule has 0 amide bonds. The molecule has 0 aliphatic carbocycles. The van der Waals surface area contributed by atoms with Crippen LogP contribution in [-0.4, -0.2) is 6.61 Å². The van der Waals surface area contributed by atoms with Gasteiger partial charge in [-0.2, -0.15) is 0 Å². The Labute approximate surface area is 99.1 Å². The summed E-state index contributed by atoms with van der Waals surface area (Å²) in [6.07, 6.45) is 0. The van der Waals surface area contributed by atoms with Crippen LogP contribution in [0.3, 0.4) is 0 Å². The molecule has 0 saturated carbocycles. The molecule has 0 N–H and O–H groups in total. The molecule has 0 fully saturated rings. The van der Waals surface area contributed by atoms with E-state index in [1.807, 2.05) is 0 Å². The Hall–Kier alpha value is 0.843. The van der Waals surface area contributed by atoms with E-state index in [2.05, 4.69) is 41.5 Å². The molecule has 0 unspecified atom stereocenters. The third-order valence-corrected chi connectivity index (χ3v) is 3.90. The fourth-order valence-electron chi connectivity index (χ4n) is 2.62. The van der Waals surface area contributed by atoms with Crippen LogP contribution in [0.15, 0.2) is 0 Å². The van der Waals surface area contributed by atoms with Crippen LogP contribution in [-0.2, 0) is 28.0 Å². The Morgan fingerprint density at radius 2 is 1.23 bits per heavy atom. The van der Waals surface area contributed by atoms with Gasteiger partial charge in [-0.1, -0.05) is 0 Å². The predicted octanol–water partition coefficient (Wildman–Crippen LogP) is 3.42. The van der Waals surface area contributed by atoms with Gasteiger partial charge >= 0.3 is 99.3 Å². The number of hydrogen-bond donors (Lipinski definition) is 0. The fraction of sp³-hybridized carbons (Fsp3) is 1.00. The van der Waals surface area contributed by atoms with Crippen molar-refractivity contribution in [1.82, 2.24) is 0 Å². The van der Waals surface area contributed by atoms with Crippen molar-refractivity contribution < 1.29 is 28.0 Å². The molecule has 0 aliphatic rings.